The zero-order chi connectivity index (χ0) is 19.1. The molecule has 0 bridgehead atoms. The van der Waals surface area contributed by atoms with E-state index in [9.17, 15) is 0 Å². The highest BCUT2D eigenvalue weighted by atomic mass is 32.2. The minimum Gasteiger partial charge on any atom is -0.398 e. The molecule has 0 amide bonds. The standard InChI is InChI=1S/C8H9N5.C7H9N3S2/c1-5-7(11)13(2)8(12-5)6(3-9)4-10;8-6-2-1-4(12-10)3-5(6)7(9)11/h6H,11H2,1-2H3;1-3H,8,10H2,(H2,9,11). The van der Waals surface area contributed by atoms with Crippen molar-refractivity contribution in [1.82, 2.24) is 9.55 Å². The third-order valence-corrected chi connectivity index (χ3v) is 4.05. The number of imidazole rings is 1. The second-order valence-corrected chi connectivity index (χ2v) is 6.07. The van der Waals surface area contributed by atoms with Crippen LogP contribution >= 0.6 is 24.2 Å². The van der Waals surface area contributed by atoms with E-state index >= 15 is 0 Å². The Kier molecular flexibility index (Phi) is 7.21. The van der Waals surface area contributed by atoms with Gasteiger partial charge in [-0.1, -0.05) is 12.2 Å². The molecule has 2 rings (SSSR count). The molecule has 25 heavy (non-hydrogen) atoms. The molecular weight excluding hydrogens is 356 g/mol. The molecule has 0 unspecified atom stereocenters. The van der Waals surface area contributed by atoms with Crippen LogP contribution in [0.15, 0.2) is 23.1 Å². The molecule has 0 saturated heterocycles. The van der Waals surface area contributed by atoms with Crippen molar-refractivity contribution in [2.24, 2.45) is 17.9 Å². The molecule has 2 aromatic rings. The predicted octanol–water partition coefficient (Wildman–Crippen LogP) is 1.31. The van der Waals surface area contributed by atoms with Gasteiger partial charge in [0.2, 0.25) is 0 Å². The van der Waals surface area contributed by atoms with Gasteiger partial charge >= 0.3 is 0 Å². The van der Waals surface area contributed by atoms with E-state index in [0.29, 0.717) is 33.6 Å². The van der Waals surface area contributed by atoms with Gasteiger partial charge in [0.05, 0.1) is 17.8 Å². The molecular formula is C15H18N8S2. The van der Waals surface area contributed by atoms with Gasteiger partial charge in [0.15, 0.2) is 5.92 Å². The number of aromatic nitrogens is 2. The Morgan fingerprint density at radius 3 is 2.32 bits per heavy atom. The summed E-state index contributed by atoms with van der Waals surface area (Å²) in [7, 11) is 1.69. The Morgan fingerprint density at radius 1 is 1.32 bits per heavy atom. The highest BCUT2D eigenvalue weighted by Gasteiger charge is 2.17. The van der Waals surface area contributed by atoms with E-state index in [-0.39, 0.29) is 0 Å². The lowest BCUT2D eigenvalue weighted by molar-refractivity contribution is 0.808. The van der Waals surface area contributed by atoms with E-state index in [1.165, 1.54) is 0 Å². The number of hydrogen-bond acceptors (Lipinski definition) is 8. The number of thiocarbonyl (C=S) groups is 1. The summed E-state index contributed by atoms with van der Waals surface area (Å²) in [6, 6.07) is 9.04. The molecule has 1 heterocycles. The van der Waals surface area contributed by atoms with Crippen LogP contribution in [-0.4, -0.2) is 14.5 Å². The number of rotatable bonds is 3. The normalized spacial score (nSPS) is 9.68. The first kappa shape index (κ1) is 20.3. The molecule has 1 aromatic heterocycles. The zero-order valence-electron chi connectivity index (χ0n) is 13.7. The SMILES string of the molecule is Cc1nc(C(C#N)C#N)n(C)c1N.NSc1ccc(N)c(C(N)=S)c1. The number of nitrogen functional groups attached to an aromatic ring is 2. The van der Waals surface area contributed by atoms with Crippen molar-refractivity contribution < 1.29 is 0 Å². The van der Waals surface area contributed by atoms with Crippen LogP contribution in [0.2, 0.25) is 0 Å². The summed E-state index contributed by atoms with van der Waals surface area (Å²) in [4.78, 5) is 5.23. The van der Waals surface area contributed by atoms with Gasteiger partial charge in [-0.2, -0.15) is 10.5 Å². The lowest BCUT2D eigenvalue weighted by Gasteiger charge is -2.04. The number of anilines is 2. The number of nitrogens with zero attached hydrogens (tertiary/aromatic N) is 4. The van der Waals surface area contributed by atoms with Gasteiger partial charge in [-0.15, -0.1) is 0 Å². The Morgan fingerprint density at radius 2 is 1.92 bits per heavy atom. The Balaban J connectivity index is 0.000000251. The number of nitriles is 2. The minimum absolute atomic E-state index is 0.295. The summed E-state index contributed by atoms with van der Waals surface area (Å²) >= 11 is 5.94. The average Bonchev–Trinajstić information content (AvgIpc) is 2.84. The van der Waals surface area contributed by atoms with E-state index in [1.54, 1.807) is 30.7 Å². The smallest absolute Gasteiger partial charge is 0.190 e. The fourth-order valence-electron chi connectivity index (χ4n) is 1.89. The average molecular weight is 374 g/mol. The van der Waals surface area contributed by atoms with Gasteiger partial charge in [0, 0.05) is 23.2 Å². The highest BCUT2D eigenvalue weighted by Crippen LogP contribution is 2.19. The fourth-order valence-corrected chi connectivity index (χ4v) is 2.40. The van der Waals surface area contributed by atoms with Gasteiger partial charge in [-0.3, -0.25) is 5.14 Å². The van der Waals surface area contributed by atoms with Crippen molar-refractivity contribution in [3.63, 3.8) is 0 Å². The third-order valence-electron chi connectivity index (χ3n) is 3.30. The summed E-state index contributed by atoms with van der Waals surface area (Å²) < 4.78 is 1.56. The van der Waals surface area contributed by atoms with Crippen molar-refractivity contribution in [1.29, 1.82) is 10.5 Å². The van der Waals surface area contributed by atoms with Crippen LogP contribution in [0.25, 0.3) is 0 Å². The van der Waals surface area contributed by atoms with Crippen LogP contribution in [0.1, 0.15) is 23.0 Å². The third kappa shape index (κ3) is 4.84. The second kappa shape index (κ2) is 8.89. The van der Waals surface area contributed by atoms with Crippen LogP contribution in [-0.2, 0) is 7.05 Å². The second-order valence-electron chi connectivity index (χ2n) is 4.92. The summed E-state index contributed by atoms with van der Waals surface area (Å²) in [6.07, 6.45) is 0. The molecule has 0 aliphatic rings. The zero-order valence-corrected chi connectivity index (χ0v) is 15.4. The molecule has 0 atom stereocenters. The summed E-state index contributed by atoms with van der Waals surface area (Å²) in [5, 5.41) is 22.6. The molecule has 130 valence electrons. The Bertz CT molecular complexity index is 846. The first-order chi connectivity index (χ1) is 11.8. The maximum absolute atomic E-state index is 8.64. The summed E-state index contributed by atoms with van der Waals surface area (Å²) in [6.45, 7) is 1.74. The molecule has 0 aliphatic carbocycles. The first-order valence-corrected chi connectivity index (χ1v) is 8.19. The van der Waals surface area contributed by atoms with Gasteiger partial charge in [-0.25, -0.2) is 4.98 Å². The molecule has 0 aliphatic heterocycles. The van der Waals surface area contributed by atoms with Gasteiger partial charge in [0.25, 0.3) is 0 Å². The topological polar surface area (TPSA) is 169 Å². The van der Waals surface area contributed by atoms with Crippen LogP contribution in [0.5, 0.6) is 0 Å². The summed E-state index contributed by atoms with van der Waals surface area (Å²) in [5.41, 5.74) is 18.6. The predicted molar refractivity (Wildman–Crippen MR) is 103 cm³/mol. The van der Waals surface area contributed by atoms with Crippen molar-refractivity contribution >= 4 is 40.7 Å². The van der Waals surface area contributed by atoms with E-state index < -0.39 is 5.92 Å². The van der Waals surface area contributed by atoms with Crippen molar-refractivity contribution in [3.8, 4) is 12.1 Å². The quantitative estimate of drug-likeness (QED) is 0.351. The Hall–Kier alpha value is -2.79. The number of benzene rings is 1. The molecule has 1 aromatic carbocycles. The highest BCUT2D eigenvalue weighted by molar-refractivity contribution is 7.97. The van der Waals surface area contributed by atoms with Crippen molar-refractivity contribution in [3.05, 3.63) is 35.3 Å². The number of aryl methyl sites for hydroxylation is 1. The fraction of sp³-hybridized carbons (Fsp3) is 0.200. The lowest BCUT2D eigenvalue weighted by Crippen LogP contribution is -2.12. The Labute approximate surface area is 155 Å². The summed E-state index contributed by atoms with van der Waals surface area (Å²) in [5.74, 6) is 0.0477. The molecule has 10 heteroatoms. The molecule has 0 radical (unpaired) electrons. The molecule has 0 fully saturated rings. The van der Waals surface area contributed by atoms with Crippen LogP contribution in [0.3, 0.4) is 0 Å². The van der Waals surface area contributed by atoms with E-state index in [2.05, 4.69) is 4.98 Å². The van der Waals surface area contributed by atoms with Crippen LogP contribution in [0.4, 0.5) is 11.5 Å². The lowest BCUT2D eigenvalue weighted by atomic mass is 10.2. The maximum atomic E-state index is 8.64. The van der Waals surface area contributed by atoms with Gasteiger partial charge in [0.1, 0.15) is 16.6 Å². The van der Waals surface area contributed by atoms with Crippen molar-refractivity contribution in [2.75, 3.05) is 11.5 Å². The molecule has 8 N–H and O–H groups in total. The van der Waals surface area contributed by atoms with Crippen LogP contribution in [0, 0.1) is 29.6 Å². The number of nitrogens with two attached hydrogens (primary N) is 4. The van der Waals surface area contributed by atoms with Crippen LogP contribution < -0.4 is 22.3 Å². The molecule has 8 nitrogen and oxygen atoms in total. The number of hydrogen-bond donors (Lipinski definition) is 4. The molecule has 0 spiro atoms. The largest absolute Gasteiger partial charge is 0.398 e. The van der Waals surface area contributed by atoms with Gasteiger partial charge < -0.3 is 21.8 Å². The minimum atomic E-state index is -0.846. The van der Waals surface area contributed by atoms with Gasteiger partial charge in [-0.05, 0) is 37.1 Å². The first-order valence-electron chi connectivity index (χ1n) is 6.90. The maximum Gasteiger partial charge on any atom is 0.190 e. The van der Waals surface area contributed by atoms with Crippen molar-refractivity contribution in [2.45, 2.75) is 17.7 Å². The van der Waals surface area contributed by atoms with E-state index in [4.69, 9.17) is 45.1 Å². The van der Waals surface area contributed by atoms with E-state index in [0.717, 1.165) is 16.8 Å². The van der Waals surface area contributed by atoms with E-state index in [1.807, 2.05) is 18.2 Å². The monoisotopic (exact) mass is 374 g/mol. The molecule has 0 saturated carbocycles.